The van der Waals surface area contributed by atoms with E-state index in [0.29, 0.717) is 5.95 Å². The van der Waals surface area contributed by atoms with Gasteiger partial charge in [-0.3, -0.25) is 0 Å². The van der Waals surface area contributed by atoms with Gasteiger partial charge in [-0.1, -0.05) is 49.7 Å². The molecule has 3 aromatic heterocycles. The number of unbranched alkanes of at least 4 members (excludes halogenated alkanes) is 1. The molecule has 0 aliphatic heterocycles. The second-order valence-corrected chi connectivity index (χ2v) is 9.33. The average Bonchev–Trinajstić information content (AvgIpc) is 3.36. The summed E-state index contributed by atoms with van der Waals surface area (Å²) in [5, 5.41) is 2.49. The zero-order chi connectivity index (χ0) is 19.8. The van der Waals surface area contributed by atoms with Crippen LogP contribution in [0.5, 0.6) is 0 Å². The molecule has 0 unspecified atom stereocenters. The van der Waals surface area contributed by atoms with Gasteiger partial charge in [-0.25, -0.2) is 9.97 Å². The molecule has 2 aromatic carbocycles. The van der Waals surface area contributed by atoms with Gasteiger partial charge in [0.1, 0.15) is 0 Å². The van der Waals surface area contributed by atoms with Crippen LogP contribution >= 0.6 is 22.7 Å². The molecule has 144 valence electrons. The van der Waals surface area contributed by atoms with Gasteiger partial charge in [0.25, 0.3) is 0 Å². The van der Waals surface area contributed by atoms with Gasteiger partial charge < -0.3 is 5.73 Å². The Morgan fingerprint density at radius 2 is 1.31 bits per heavy atom. The summed E-state index contributed by atoms with van der Waals surface area (Å²) in [5.74, 6) is 0.338. The van der Waals surface area contributed by atoms with Crippen molar-refractivity contribution >= 4 is 48.8 Å². The van der Waals surface area contributed by atoms with E-state index in [2.05, 4.69) is 67.6 Å². The number of anilines is 1. The zero-order valence-electron chi connectivity index (χ0n) is 16.2. The van der Waals surface area contributed by atoms with Gasteiger partial charge >= 0.3 is 0 Å². The molecule has 5 aromatic rings. The van der Waals surface area contributed by atoms with E-state index in [1.807, 2.05) is 0 Å². The number of hydrogen-bond acceptors (Lipinski definition) is 5. The number of nitrogens with zero attached hydrogens (tertiary/aromatic N) is 2. The van der Waals surface area contributed by atoms with Crippen LogP contribution in [0.15, 0.2) is 60.7 Å². The highest BCUT2D eigenvalue weighted by molar-refractivity contribution is 7.22. The third-order valence-corrected chi connectivity index (χ3v) is 7.37. The molecular weight excluding hydrogens is 394 g/mol. The van der Waals surface area contributed by atoms with E-state index < -0.39 is 0 Å². The normalized spacial score (nSPS) is 11.5. The number of nitrogen functional groups attached to an aromatic ring is 1. The van der Waals surface area contributed by atoms with Crippen LogP contribution in [0.1, 0.15) is 25.3 Å². The smallest absolute Gasteiger partial charge is 0.221 e. The number of aromatic nitrogens is 2. The molecule has 0 saturated heterocycles. The Bertz CT molecular complexity index is 1160. The summed E-state index contributed by atoms with van der Waals surface area (Å²) in [5.41, 5.74) is 9.39. The van der Waals surface area contributed by atoms with E-state index in [1.54, 1.807) is 22.7 Å². The quantitative estimate of drug-likeness (QED) is 0.331. The van der Waals surface area contributed by atoms with Gasteiger partial charge in [-0.15, -0.1) is 22.7 Å². The van der Waals surface area contributed by atoms with E-state index >= 15 is 0 Å². The number of benzene rings is 2. The van der Waals surface area contributed by atoms with Crippen LogP contribution in [0.25, 0.3) is 41.3 Å². The Balaban J connectivity index is 1.74. The van der Waals surface area contributed by atoms with Crippen molar-refractivity contribution in [2.45, 2.75) is 26.2 Å². The summed E-state index contributed by atoms with van der Waals surface area (Å²) in [6.07, 6.45) is 3.18. The second-order valence-electron chi connectivity index (χ2n) is 7.16. The van der Waals surface area contributed by atoms with Crippen molar-refractivity contribution in [1.82, 2.24) is 9.97 Å². The van der Waals surface area contributed by atoms with Crippen molar-refractivity contribution in [3.8, 4) is 21.1 Å². The lowest BCUT2D eigenvalue weighted by atomic mass is 10.0. The predicted octanol–water partition coefficient (Wildman–Crippen LogP) is 7.16. The maximum Gasteiger partial charge on any atom is 0.221 e. The van der Waals surface area contributed by atoms with Crippen molar-refractivity contribution in [2.75, 3.05) is 5.73 Å². The van der Waals surface area contributed by atoms with Crippen LogP contribution in [0, 0.1) is 0 Å². The lowest BCUT2D eigenvalue weighted by Gasteiger charge is -2.12. The SMILES string of the molecule is CCCCc1c(-c2cc3ccccc3s2)nc(N)nc1-c1cc2ccccc2s1. The topological polar surface area (TPSA) is 51.8 Å². The minimum atomic E-state index is 0.338. The molecule has 0 aliphatic rings. The molecule has 5 heteroatoms. The Morgan fingerprint density at radius 3 is 1.79 bits per heavy atom. The van der Waals surface area contributed by atoms with Crippen LogP contribution in [-0.4, -0.2) is 9.97 Å². The van der Waals surface area contributed by atoms with Crippen LogP contribution < -0.4 is 5.73 Å². The van der Waals surface area contributed by atoms with Gasteiger partial charge in [0.15, 0.2) is 0 Å². The molecule has 0 fully saturated rings. The van der Waals surface area contributed by atoms with E-state index in [9.17, 15) is 0 Å². The lowest BCUT2D eigenvalue weighted by Crippen LogP contribution is -2.04. The van der Waals surface area contributed by atoms with E-state index in [-0.39, 0.29) is 0 Å². The van der Waals surface area contributed by atoms with Gasteiger partial charge in [0, 0.05) is 15.0 Å². The van der Waals surface area contributed by atoms with Crippen LogP contribution in [0.2, 0.25) is 0 Å². The first kappa shape index (κ1) is 18.3. The fraction of sp³-hybridized carbons (Fsp3) is 0.167. The maximum absolute atomic E-state index is 6.21. The van der Waals surface area contributed by atoms with Crippen LogP contribution in [-0.2, 0) is 6.42 Å². The third kappa shape index (κ3) is 3.41. The third-order valence-electron chi connectivity index (χ3n) is 5.12. The van der Waals surface area contributed by atoms with Crippen LogP contribution in [0.4, 0.5) is 5.95 Å². The molecule has 0 radical (unpaired) electrons. The number of hydrogen-bond donors (Lipinski definition) is 1. The van der Waals surface area contributed by atoms with E-state index in [0.717, 1.165) is 40.4 Å². The van der Waals surface area contributed by atoms with Crippen molar-refractivity contribution < 1.29 is 0 Å². The molecule has 3 heterocycles. The monoisotopic (exact) mass is 415 g/mol. The molecular formula is C24H21N3S2. The van der Waals surface area contributed by atoms with E-state index in [4.69, 9.17) is 15.7 Å². The van der Waals surface area contributed by atoms with Gasteiger partial charge in [0.05, 0.1) is 21.1 Å². The minimum Gasteiger partial charge on any atom is -0.368 e. The Kier molecular flexibility index (Phi) is 4.78. The zero-order valence-corrected chi connectivity index (χ0v) is 17.8. The fourth-order valence-electron chi connectivity index (χ4n) is 3.70. The Morgan fingerprint density at radius 1 is 0.793 bits per heavy atom. The molecule has 0 amide bonds. The van der Waals surface area contributed by atoms with Gasteiger partial charge in [-0.05, 0) is 47.9 Å². The molecule has 3 nitrogen and oxygen atoms in total. The molecule has 29 heavy (non-hydrogen) atoms. The summed E-state index contributed by atoms with van der Waals surface area (Å²) >= 11 is 3.55. The molecule has 5 rings (SSSR count). The molecule has 0 saturated carbocycles. The largest absolute Gasteiger partial charge is 0.368 e. The van der Waals surface area contributed by atoms with Crippen molar-refractivity contribution in [2.24, 2.45) is 0 Å². The summed E-state index contributed by atoms with van der Waals surface area (Å²) in [4.78, 5) is 11.7. The lowest BCUT2D eigenvalue weighted by molar-refractivity contribution is 0.792. The summed E-state index contributed by atoms with van der Waals surface area (Å²) in [6, 6.07) is 21.4. The van der Waals surface area contributed by atoms with Gasteiger partial charge in [-0.2, -0.15) is 0 Å². The molecule has 2 N–H and O–H groups in total. The average molecular weight is 416 g/mol. The first-order valence-electron chi connectivity index (χ1n) is 9.87. The van der Waals surface area contributed by atoms with Crippen molar-refractivity contribution in [1.29, 1.82) is 0 Å². The standard InChI is InChI=1S/C24H21N3S2/c1-2-3-10-17-22(20-13-15-8-4-6-11-18(15)28-20)26-24(25)27-23(17)21-14-16-9-5-7-12-19(16)29-21/h4-9,11-14H,2-3,10H2,1H3,(H2,25,26,27). The number of thiophene rings is 2. The summed E-state index contributed by atoms with van der Waals surface area (Å²) < 4.78 is 2.54. The van der Waals surface area contributed by atoms with Crippen LogP contribution in [0.3, 0.4) is 0 Å². The highest BCUT2D eigenvalue weighted by atomic mass is 32.1. The summed E-state index contributed by atoms with van der Waals surface area (Å²) in [7, 11) is 0. The number of fused-ring (bicyclic) bond motifs is 2. The minimum absolute atomic E-state index is 0.338. The molecule has 0 atom stereocenters. The van der Waals surface area contributed by atoms with Gasteiger partial charge in [0.2, 0.25) is 5.95 Å². The first-order valence-corrected chi connectivity index (χ1v) is 11.5. The molecule has 0 aliphatic carbocycles. The number of nitrogens with two attached hydrogens (primary N) is 1. The predicted molar refractivity (Wildman–Crippen MR) is 127 cm³/mol. The fourth-order valence-corrected chi connectivity index (χ4v) is 5.86. The molecule has 0 spiro atoms. The Hall–Kier alpha value is -2.76. The maximum atomic E-state index is 6.21. The van der Waals surface area contributed by atoms with Crippen molar-refractivity contribution in [3.63, 3.8) is 0 Å². The van der Waals surface area contributed by atoms with E-state index in [1.165, 1.54) is 25.7 Å². The number of rotatable bonds is 5. The summed E-state index contributed by atoms with van der Waals surface area (Å²) in [6.45, 7) is 2.22. The first-order chi connectivity index (χ1) is 14.2. The highest BCUT2D eigenvalue weighted by Gasteiger charge is 2.19. The second kappa shape index (κ2) is 7.58. The van der Waals surface area contributed by atoms with Crippen molar-refractivity contribution in [3.05, 3.63) is 66.2 Å². The highest BCUT2D eigenvalue weighted by Crippen LogP contribution is 2.40. The Labute approximate surface area is 177 Å². The molecule has 0 bridgehead atoms.